The first-order chi connectivity index (χ1) is 7.95. The van der Waals surface area contributed by atoms with E-state index in [4.69, 9.17) is 34.8 Å². The summed E-state index contributed by atoms with van der Waals surface area (Å²) in [7, 11) is 0. The van der Waals surface area contributed by atoms with Gasteiger partial charge in [0, 0.05) is 0 Å². The molecule has 0 amide bonds. The third-order valence-corrected chi connectivity index (χ3v) is 2.76. The first-order valence-electron chi connectivity index (χ1n) is 4.66. The molecular weight excluding hydrogens is 288 g/mol. The van der Waals surface area contributed by atoms with Crippen molar-refractivity contribution in [2.24, 2.45) is 0 Å². The molecule has 7 heteroatoms. The minimum atomic E-state index is -0.625. The summed E-state index contributed by atoms with van der Waals surface area (Å²) in [5, 5.41) is 0.0151. The Labute approximate surface area is 113 Å². The average Bonchev–Trinajstić information content (AvgIpc) is 2.23. The fourth-order valence-electron chi connectivity index (χ4n) is 1.08. The Morgan fingerprint density at radius 3 is 2.53 bits per heavy atom. The van der Waals surface area contributed by atoms with Crippen molar-refractivity contribution in [3.05, 3.63) is 27.0 Å². The van der Waals surface area contributed by atoms with Crippen LogP contribution in [0.3, 0.4) is 0 Å². The maximum absolute atomic E-state index is 11.7. The van der Waals surface area contributed by atoms with Crippen molar-refractivity contribution in [2.45, 2.75) is 13.3 Å². The van der Waals surface area contributed by atoms with Crippen LogP contribution in [0.5, 0.6) is 0 Å². The van der Waals surface area contributed by atoms with Gasteiger partial charge in [-0.2, -0.15) is 0 Å². The minimum Gasteiger partial charge on any atom is -0.466 e. The molecule has 92 valence electrons. The zero-order valence-electron chi connectivity index (χ0n) is 8.80. The number of halogens is 3. The first-order valence-corrected chi connectivity index (χ1v) is 5.79. The maximum Gasteiger partial charge on any atom is 0.313 e. The lowest BCUT2D eigenvalue weighted by molar-refractivity contribution is -0.141. The number of pyridine rings is 1. The third-order valence-electron chi connectivity index (χ3n) is 1.80. The first kappa shape index (κ1) is 14.2. The van der Waals surface area contributed by atoms with Gasteiger partial charge in [-0.15, -0.1) is 0 Å². The van der Waals surface area contributed by atoms with E-state index in [2.05, 4.69) is 9.72 Å². The molecule has 0 atom stereocenters. The predicted molar refractivity (Wildman–Crippen MR) is 64.8 cm³/mol. The predicted octanol–water partition coefficient (Wildman–Crippen LogP) is 3.18. The molecule has 1 aromatic rings. The van der Waals surface area contributed by atoms with Crippen LogP contribution in [-0.4, -0.2) is 23.3 Å². The van der Waals surface area contributed by atoms with Gasteiger partial charge < -0.3 is 4.74 Å². The second-order valence-corrected chi connectivity index (χ2v) is 4.13. The lowest BCUT2D eigenvalue weighted by Gasteiger charge is -2.04. The zero-order valence-corrected chi connectivity index (χ0v) is 11.1. The molecule has 0 bridgehead atoms. The number of hydrogen-bond acceptors (Lipinski definition) is 4. The van der Waals surface area contributed by atoms with Crippen LogP contribution in [0.15, 0.2) is 6.07 Å². The normalized spacial score (nSPS) is 10.1. The number of esters is 1. The molecule has 0 N–H and O–H groups in total. The molecule has 1 heterocycles. The largest absolute Gasteiger partial charge is 0.466 e. The highest BCUT2D eigenvalue weighted by Gasteiger charge is 2.18. The third kappa shape index (κ3) is 3.84. The summed E-state index contributed by atoms with van der Waals surface area (Å²) in [5.41, 5.74) is 0.0501. The summed E-state index contributed by atoms with van der Waals surface area (Å²) >= 11 is 17.1. The summed E-state index contributed by atoms with van der Waals surface area (Å²) in [5.74, 6) is -1.14. The van der Waals surface area contributed by atoms with Crippen LogP contribution in [0.2, 0.25) is 15.3 Å². The highest BCUT2D eigenvalue weighted by molar-refractivity contribution is 6.42. The Morgan fingerprint density at radius 2 is 1.94 bits per heavy atom. The van der Waals surface area contributed by atoms with E-state index in [1.165, 1.54) is 6.07 Å². The Kier molecular flexibility index (Phi) is 5.18. The van der Waals surface area contributed by atoms with E-state index in [1.807, 2.05) is 0 Å². The molecule has 1 aromatic heterocycles. The lowest BCUT2D eigenvalue weighted by atomic mass is 10.1. The molecule has 1 rings (SSSR count). The summed E-state index contributed by atoms with van der Waals surface area (Å²) in [6.07, 6.45) is -0.410. The number of ketones is 1. The number of rotatable bonds is 4. The van der Waals surface area contributed by atoms with Gasteiger partial charge in [-0.25, -0.2) is 4.98 Å². The molecule has 4 nitrogen and oxygen atoms in total. The molecule has 0 aliphatic heterocycles. The van der Waals surface area contributed by atoms with E-state index in [1.54, 1.807) is 6.92 Å². The van der Waals surface area contributed by atoms with Gasteiger partial charge in [-0.3, -0.25) is 9.59 Å². The summed E-state index contributed by atoms with van der Waals surface area (Å²) < 4.78 is 4.65. The van der Waals surface area contributed by atoms with Crippen molar-refractivity contribution in [1.82, 2.24) is 4.98 Å². The highest BCUT2D eigenvalue weighted by Crippen LogP contribution is 2.26. The zero-order chi connectivity index (χ0) is 13.0. The van der Waals surface area contributed by atoms with Crippen LogP contribution < -0.4 is 0 Å². The number of aromatic nitrogens is 1. The van der Waals surface area contributed by atoms with Crippen LogP contribution in [-0.2, 0) is 9.53 Å². The number of hydrogen-bond donors (Lipinski definition) is 0. The highest BCUT2D eigenvalue weighted by atomic mass is 35.5. The topological polar surface area (TPSA) is 56.3 Å². The van der Waals surface area contributed by atoms with Crippen molar-refractivity contribution in [3.8, 4) is 0 Å². The van der Waals surface area contributed by atoms with Crippen LogP contribution in [0.25, 0.3) is 0 Å². The standard InChI is InChI=1S/C10H8Cl3NO3/c1-2-17-8(16)4-7(15)5-3-6(11)10(13)14-9(5)12/h3H,2,4H2,1H3. The maximum atomic E-state index is 11.7. The van der Waals surface area contributed by atoms with Gasteiger partial charge >= 0.3 is 5.97 Å². The number of ether oxygens (including phenoxy) is 1. The number of carbonyl (C=O) groups is 2. The SMILES string of the molecule is CCOC(=O)CC(=O)c1cc(Cl)c(Cl)nc1Cl. The van der Waals surface area contributed by atoms with E-state index in [-0.39, 0.29) is 27.5 Å². The van der Waals surface area contributed by atoms with Gasteiger partial charge in [0.15, 0.2) is 5.78 Å². The van der Waals surface area contributed by atoms with E-state index in [0.29, 0.717) is 0 Å². The number of Topliss-reactive ketones (excluding diaryl/α,β-unsaturated/α-hetero) is 1. The van der Waals surface area contributed by atoms with Gasteiger partial charge in [0.2, 0.25) is 0 Å². The van der Waals surface area contributed by atoms with E-state index >= 15 is 0 Å². The van der Waals surface area contributed by atoms with Crippen molar-refractivity contribution in [2.75, 3.05) is 6.61 Å². The molecule has 0 radical (unpaired) electrons. The lowest BCUT2D eigenvalue weighted by Crippen LogP contribution is -2.12. The average molecular weight is 297 g/mol. The smallest absolute Gasteiger partial charge is 0.313 e. The van der Waals surface area contributed by atoms with Crippen LogP contribution in [0.1, 0.15) is 23.7 Å². The Hall–Kier alpha value is -0.840. The van der Waals surface area contributed by atoms with Gasteiger partial charge in [0.05, 0.1) is 17.2 Å². The number of nitrogens with zero attached hydrogens (tertiary/aromatic N) is 1. The molecule has 0 saturated carbocycles. The molecular formula is C10H8Cl3NO3. The van der Waals surface area contributed by atoms with Crippen molar-refractivity contribution in [3.63, 3.8) is 0 Å². The molecule has 0 aliphatic rings. The molecule has 17 heavy (non-hydrogen) atoms. The summed E-state index contributed by atoms with van der Waals surface area (Å²) in [6, 6.07) is 1.28. The summed E-state index contributed by atoms with van der Waals surface area (Å²) in [4.78, 5) is 26.5. The monoisotopic (exact) mass is 295 g/mol. The Morgan fingerprint density at radius 1 is 1.29 bits per heavy atom. The van der Waals surface area contributed by atoms with Crippen molar-refractivity contribution >= 4 is 46.6 Å². The Bertz CT molecular complexity index is 462. The van der Waals surface area contributed by atoms with Gasteiger partial charge in [0.25, 0.3) is 0 Å². The molecule has 0 spiro atoms. The fraction of sp³-hybridized carbons (Fsp3) is 0.300. The molecule has 0 fully saturated rings. The summed E-state index contributed by atoms with van der Waals surface area (Å²) in [6.45, 7) is 1.86. The van der Waals surface area contributed by atoms with Gasteiger partial charge in [-0.05, 0) is 13.0 Å². The van der Waals surface area contributed by atoms with Crippen molar-refractivity contribution < 1.29 is 14.3 Å². The van der Waals surface area contributed by atoms with E-state index in [9.17, 15) is 9.59 Å². The van der Waals surface area contributed by atoms with Crippen LogP contribution >= 0.6 is 34.8 Å². The molecule has 0 aliphatic carbocycles. The second kappa shape index (κ2) is 6.19. The minimum absolute atomic E-state index is 0.00403. The van der Waals surface area contributed by atoms with Gasteiger partial charge in [0.1, 0.15) is 16.7 Å². The van der Waals surface area contributed by atoms with Crippen LogP contribution in [0.4, 0.5) is 0 Å². The Balaban J connectivity index is 2.89. The van der Waals surface area contributed by atoms with E-state index < -0.39 is 18.2 Å². The second-order valence-electron chi connectivity index (χ2n) is 3.00. The molecule has 0 aromatic carbocycles. The number of carbonyl (C=O) groups excluding carboxylic acids is 2. The fourth-order valence-corrected chi connectivity index (χ4v) is 1.66. The molecule has 0 saturated heterocycles. The van der Waals surface area contributed by atoms with Crippen molar-refractivity contribution in [1.29, 1.82) is 0 Å². The van der Waals surface area contributed by atoms with Crippen LogP contribution in [0, 0.1) is 0 Å². The van der Waals surface area contributed by atoms with Gasteiger partial charge in [-0.1, -0.05) is 34.8 Å². The quantitative estimate of drug-likeness (QED) is 0.370. The molecule has 0 unspecified atom stereocenters. The van der Waals surface area contributed by atoms with E-state index in [0.717, 1.165) is 0 Å².